The smallest absolute Gasteiger partial charge is 0.271 e. The van der Waals surface area contributed by atoms with Gasteiger partial charge in [0.2, 0.25) is 0 Å². The summed E-state index contributed by atoms with van der Waals surface area (Å²) in [5.41, 5.74) is 1.88. The molecule has 0 unspecified atom stereocenters. The third-order valence-electron chi connectivity index (χ3n) is 2.08. The van der Waals surface area contributed by atoms with Crippen LogP contribution < -0.4 is 5.56 Å². The van der Waals surface area contributed by atoms with Gasteiger partial charge in [-0.05, 0) is 25.1 Å². The molecule has 15 heavy (non-hydrogen) atoms. The highest BCUT2D eigenvalue weighted by Crippen LogP contribution is 2.07. The van der Waals surface area contributed by atoms with E-state index in [2.05, 4.69) is 5.10 Å². The van der Waals surface area contributed by atoms with Crippen molar-refractivity contribution in [2.45, 2.75) is 6.92 Å². The number of hydrogen-bond donors (Lipinski definition) is 1. The normalized spacial score (nSPS) is 9.87. The highest BCUT2D eigenvalue weighted by molar-refractivity contribution is 5.40. The Labute approximate surface area is 86.4 Å². The van der Waals surface area contributed by atoms with Crippen molar-refractivity contribution in [3.8, 4) is 11.8 Å². The molecular formula is C11H9N3O. The number of nitrogens with zero attached hydrogens (tertiary/aromatic N) is 2. The molecule has 0 aliphatic heterocycles. The number of H-pyrrole nitrogens is 1. The first-order chi connectivity index (χ1) is 7.20. The van der Waals surface area contributed by atoms with Gasteiger partial charge in [0.1, 0.15) is 0 Å². The van der Waals surface area contributed by atoms with E-state index in [4.69, 9.17) is 5.26 Å². The lowest BCUT2D eigenvalue weighted by molar-refractivity contribution is 0.835. The summed E-state index contributed by atoms with van der Waals surface area (Å²) in [5.74, 6) is 0. The van der Waals surface area contributed by atoms with E-state index in [0.29, 0.717) is 11.3 Å². The van der Waals surface area contributed by atoms with Gasteiger partial charge in [-0.25, -0.2) is 4.68 Å². The standard InChI is InChI=1S/C11H9N3O/c1-8-5-11(15)14(13-8)10-4-2-3-9(6-10)7-12/h2-6,13H,1H3. The molecule has 0 bridgehead atoms. The van der Waals surface area contributed by atoms with Crippen molar-refractivity contribution in [3.63, 3.8) is 0 Å². The fraction of sp³-hybridized carbons (Fsp3) is 0.0909. The van der Waals surface area contributed by atoms with Gasteiger partial charge in [0, 0.05) is 11.8 Å². The lowest BCUT2D eigenvalue weighted by Gasteiger charge is -2.01. The summed E-state index contributed by atoms with van der Waals surface area (Å²) in [6.07, 6.45) is 0. The first-order valence-corrected chi connectivity index (χ1v) is 4.50. The number of aromatic nitrogens is 2. The molecule has 0 fully saturated rings. The van der Waals surface area contributed by atoms with Crippen molar-refractivity contribution < 1.29 is 0 Å². The zero-order valence-electron chi connectivity index (χ0n) is 8.19. The maximum Gasteiger partial charge on any atom is 0.271 e. The average molecular weight is 199 g/mol. The second kappa shape index (κ2) is 3.46. The zero-order chi connectivity index (χ0) is 10.8. The molecule has 0 spiro atoms. The zero-order valence-corrected chi connectivity index (χ0v) is 8.19. The number of nitriles is 1. The molecule has 0 atom stereocenters. The molecule has 0 amide bonds. The molecule has 4 heteroatoms. The van der Waals surface area contributed by atoms with Gasteiger partial charge in [-0.3, -0.25) is 9.89 Å². The Balaban J connectivity index is 2.60. The Kier molecular flexibility index (Phi) is 2.14. The van der Waals surface area contributed by atoms with Crippen molar-refractivity contribution in [1.29, 1.82) is 5.26 Å². The van der Waals surface area contributed by atoms with E-state index in [0.717, 1.165) is 5.69 Å². The maximum absolute atomic E-state index is 11.5. The van der Waals surface area contributed by atoms with E-state index in [1.807, 2.05) is 13.0 Å². The monoisotopic (exact) mass is 199 g/mol. The van der Waals surface area contributed by atoms with Gasteiger partial charge in [-0.2, -0.15) is 5.26 Å². The molecule has 0 saturated carbocycles. The van der Waals surface area contributed by atoms with E-state index in [9.17, 15) is 4.79 Å². The molecule has 2 rings (SSSR count). The lowest BCUT2D eigenvalue weighted by Crippen LogP contribution is -2.13. The van der Waals surface area contributed by atoms with Crippen LogP contribution in [0.3, 0.4) is 0 Å². The molecule has 4 nitrogen and oxygen atoms in total. The quantitative estimate of drug-likeness (QED) is 0.753. The first kappa shape index (κ1) is 9.28. The number of aryl methyl sites for hydroxylation is 1. The fourth-order valence-corrected chi connectivity index (χ4v) is 1.42. The van der Waals surface area contributed by atoms with Crippen molar-refractivity contribution >= 4 is 0 Å². The van der Waals surface area contributed by atoms with Crippen LogP contribution >= 0.6 is 0 Å². The van der Waals surface area contributed by atoms with Crippen LogP contribution in [0.15, 0.2) is 35.1 Å². The first-order valence-electron chi connectivity index (χ1n) is 4.50. The summed E-state index contributed by atoms with van der Waals surface area (Å²) in [6.45, 7) is 1.81. The van der Waals surface area contributed by atoms with Gasteiger partial charge in [0.15, 0.2) is 0 Å². The predicted octanol–water partition coefficient (Wildman–Crippen LogP) is 1.35. The molecule has 1 aromatic carbocycles. The van der Waals surface area contributed by atoms with Crippen LogP contribution in [0.1, 0.15) is 11.3 Å². The number of hydrogen-bond acceptors (Lipinski definition) is 2. The molecule has 0 radical (unpaired) electrons. The average Bonchev–Trinajstić information content (AvgIpc) is 2.58. The largest absolute Gasteiger partial charge is 0.295 e. The molecule has 1 heterocycles. The summed E-state index contributed by atoms with van der Waals surface area (Å²) in [7, 11) is 0. The van der Waals surface area contributed by atoms with Crippen molar-refractivity contribution in [1.82, 2.24) is 9.78 Å². The molecule has 74 valence electrons. The van der Waals surface area contributed by atoms with Crippen LogP contribution in [0.4, 0.5) is 0 Å². The molecule has 0 aliphatic carbocycles. The molecular weight excluding hydrogens is 190 g/mol. The third kappa shape index (κ3) is 1.67. The van der Waals surface area contributed by atoms with Crippen LogP contribution in [-0.2, 0) is 0 Å². The van der Waals surface area contributed by atoms with E-state index in [1.54, 1.807) is 24.3 Å². The molecule has 1 N–H and O–H groups in total. The Morgan fingerprint density at radius 3 is 2.80 bits per heavy atom. The molecule has 2 aromatic rings. The van der Waals surface area contributed by atoms with Crippen LogP contribution in [0.5, 0.6) is 0 Å². The SMILES string of the molecule is Cc1cc(=O)n(-c2cccc(C#N)c2)[nH]1. The fourth-order valence-electron chi connectivity index (χ4n) is 1.42. The van der Waals surface area contributed by atoms with Crippen molar-refractivity contribution in [3.05, 3.63) is 51.9 Å². The van der Waals surface area contributed by atoms with Crippen LogP contribution in [-0.4, -0.2) is 9.78 Å². The summed E-state index contributed by atoms with van der Waals surface area (Å²) in [5, 5.41) is 11.6. The number of rotatable bonds is 1. The van der Waals surface area contributed by atoms with Gasteiger partial charge in [0.05, 0.1) is 17.3 Å². The number of aromatic amines is 1. The predicted molar refractivity (Wildman–Crippen MR) is 55.8 cm³/mol. The second-order valence-electron chi connectivity index (χ2n) is 3.27. The minimum absolute atomic E-state index is 0.123. The minimum atomic E-state index is -0.123. The summed E-state index contributed by atoms with van der Waals surface area (Å²) < 4.78 is 1.41. The summed E-state index contributed by atoms with van der Waals surface area (Å²) >= 11 is 0. The van der Waals surface area contributed by atoms with Gasteiger partial charge >= 0.3 is 0 Å². The van der Waals surface area contributed by atoms with E-state index in [-0.39, 0.29) is 5.56 Å². The Hall–Kier alpha value is -2.28. The summed E-state index contributed by atoms with van der Waals surface area (Å²) in [6, 6.07) is 10.4. The maximum atomic E-state index is 11.5. The molecule has 0 saturated heterocycles. The van der Waals surface area contributed by atoms with E-state index in [1.165, 1.54) is 10.7 Å². The molecule has 0 aliphatic rings. The Bertz CT molecular complexity index is 586. The van der Waals surface area contributed by atoms with Crippen LogP contribution in [0.25, 0.3) is 5.69 Å². The van der Waals surface area contributed by atoms with Crippen molar-refractivity contribution in [2.24, 2.45) is 0 Å². The second-order valence-corrected chi connectivity index (χ2v) is 3.27. The summed E-state index contributed by atoms with van der Waals surface area (Å²) in [4.78, 5) is 11.5. The third-order valence-corrected chi connectivity index (χ3v) is 2.08. The highest BCUT2D eigenvalue weighted by Gasteiger charge is 2.02. The van der Waals surface area contributed by atoms with Gasteiger partial charge in [-0.1, -0.05) is 6.07 Å². The number of benzene rings is 1. The topological polar surface area (TPSA) is 61.6 Å². The number of nitrogens with one attached hydrogen (secondary N) is 1. The van der Waals surface area contributed by atoms with Gasteiger partial charge in [0.25, 0.3) is 5.56 Å². The van der Waals surface area contributed by atoms with Crippen molar-refractivity contribution in [2.75, 3.05) is 0 Å². The van der Waals surface area contributed by atoms with Gasteiger partial charge in [-0.15, -0.1) is 0 Å². The lowest BCUT2D eigenvalue weighted by atomic mass is 10.2. The minimum Gasteiger partial charge on any atom is -0.295 e. The Morgan fingerprint density at radius 2 is 2.20 bits per heavy atom. The van der Waals surface area contributed by atoms with E-state index < -0.39 is 0 Å². The van der Waals surface area contributed by atoms with Gasteiger partial charge < -0.3 is 0 Å². The highest BCUT2D eigenvalue weighted by atomic mass is 16.1. The Morgan fingerprint density at radius 1 is 1.40 bits per heavy atom. The van der Waals surface area contributed by atoms with Crippen LogP contribution in [0, 0.1) is 18.3 Å². The van der Waals surface area contributed by atoms with E-state index >= 15 is 0 Å². The molecule has 1 aromatic heterocycles. The van der Waals surface area contributed by atoms with Crippen LogP contribution in [0.2, 0.25) is 0 Å².